The Bertz CT molecular complexity index is 674. The van der Waals surface area contributed by atoms with Gasteiger partial charge in [-0.3, -0.25) is 4.98 Å². The zero-order valence-corrected chi connectivity index (χ0v) is 10.0. The minimum absolute atomic E-state index is 0.719. The number of hydrogen-bond donors (Lipinski definition) is 1. The summed E-state index contributed by atoms with van der Waals surface area (Å²) >= 11 is 0. The van der Waals surface area contributed by atoms with Gasteiger partial charge in [0.05, 0.1) is 6.20 Å². The SMILES string of the molecule is Cc1ccncc1CNc1ccn2nccc2n1. The first-order valence-electron chi connectivity index (χ1n) is 5.77. The summed E-state index contributed by atoms with van der Waals surface area (Å²) in [5.74, 6) is 0.839. The van der Waals surface area contributed by atoms with Crippen LogP contribution >= 0.6 is 0 Å². The van der Waals surface area contributed by atoms with Gasteiger partial charge in [0, 0.05) is 31.2 Å². The number of nitrogens with one attached hydrogen (secondary N) is 1. The highest BCUT2D eigenvalue weighted by Gasteiger charge is 2.00. The Hall–Kier alpha value is -2.43. The largest absolute Gasteiger partial charge is 0.366 e. The van der Waals surface area contributed by atoms with Crippen molar-refractivity contribution < 1.29 is 0 Å². The fourth-order valence-corrected chi connectivity index (χ4v) is 1.78. The molecule has 3 heterocycles. The third kappa shape index (κ3) is 2.02. The van der Waals surface area contributed by atoms with Crippen LogP contribution in [0, 0.1) is 6.92 Å². The van der Waals surface area contributed by atoms with E-state index >= 15 is 0 Å². The standard InChI is InChI=1S/C13H13N5/c1-10-2-5-14-8-11(10)9-15-12-4-7-18-13(17-12)3-6-16-18/h2-8H,9H2,1H3,(H,15,17). The van der Waals surface area contributed by atoms with Gasteiger partial charge < -0.3 is 5.32 Å². The van der Waals surface area contributed by atoms with Crippen LogP contribution in [0.3, 0.4) is 0 Å². The smallest absolute Gasteiger partial charge is 0.157 e. The molecule has 0 saturated heterocycles. The van der Waals surface area contributed by atoms with Gasteiger partial charge in [0.2, 0.25) is 0 Å². The quantitative estimate of drug-likeness (QED) is 0.760. The first kappa shape index (κ1) is 10.7. The molecule has 0 spiro atoms. The number of aryl methyl sites for hydroxylation is 1. The van der Waals surface area contributed by atoms with Crippen molar-refractivity contribution in [3.8, 4) is 0 Å². The van der Waals surface area contributed by atoms with Crippen LogP contribution in [0.25, 0.3) is 5.65 Å². The van der Waals surface area contributed by atoms with Crippen LogP contribution in [0.15, 0.2) is 43.0 Å². The molecule has 0 fully saturated rings. The molecule has 0 bridgehead atoms. The lowest BCUT2D eigenvalue weighted by molar-refractivity contribution is 0.935. The Balaban J connectivity index is 1.78. The molecule has 3 aromatic rings. The van der Waals surface area contributed by atoms with E-state index in [0.717, 1.165) is 18.0 Å². The lowest BCUT2D eigenvalue weighted by Gasteiger charge is -2.07. The summed E-state index contributed by atoms with van der Waals surface area (Å²) in [6, 6.07) is 5.79. The van der Waals surface area contributed by atoms with Crippen molar-refractivity contribution in [2.75, 3.05) is 5.32 Å². The summed E-state index contributed by atoms with van der Waals surface area (Å²) in [5, 5.41) is 7.40. The number of aromatic nitrogens is 4. The highest BCUT2D eigenvalue weighted by atomic mass is 15.2. The van der Waals surface area contributed by atoms with E-state index in [1.54, 1.807) is 16.9 Å². The number of fused-ring (bicyclic) bond motifs is 1. The molecule has 0 aliphatic heterocycles. The molecular weight excluding hydrogens is 226 g/mol. The normalized spacial score (nSPS) is 10.7. The number of nitrogens with zero attached hydrogens (tertiary/aromatic N) is 4. The molecule has 0 aromatic carbocycles. The van der Waals surface area contributed by atoms with Crippen LogP contribution in [0.2, 0.25) is 0 Å². The Kier molecular flexibility index (Phi) is 2.64. The van der Waals surface area contributed by atoms with Crippen LogP contribution in [-0.4, -0.2) is 19.6 Å². The maximum atomic E-state index is 4.45. The summed E-state index contributed by atoms with van der Waals surface area (Å²) in [6.45, 7) is 2.79. The van der Waals surface area contributed by atoms with Crippen LogP contribution in [0.1, 0.15) is 11.1 Å². The Morgan fingerprint density at radius 1 is 1.22 bits per heavy atom. The van der Waals surface area contributed by atoms with E-state index in [2.05, 4.69) is 27.3 Å². The van der Waals surface area contributed by atoms with E-state index < -0.39 is 0 Å². The van der Waals surface area contributed by atoms with E-state index in [4.69, 9.17) is 0 Å². The lowest BCUT2D eigenvalue weighted by atomic mass is 10.1. The van der Waals surface area contributed by atoms with Gasteiger partial charge in [-0.15, -0.1) is 0 Å². The zero-order chi connectivity index (χ0) is 12.4. The Morgan fingerprint density at radius 2 is 2.17 bits per heavy atom. The summed E-state index contributed by atoms with van der Waals surface area (Å²) in [6.07, 6.45) is 7.30. The second-order valence-corrected chi connectivity index (χ2v) is 4.10. The van der Waals surface area contributed by atoms with E-state index in [-0.39, 0.29) is 0 Å². The van der Waals surface area contributed by atoms with Crippen LogP contribution < -0.4 is 5.32 Å². The van der Waals surface area contributed by atoms with Crippen LogP contribution in [0.5, 0.6) is 0 Å². The number of rotatable bonds is 3. The molecule has 0 aliphatic carbocycles. The Labute approximate surface area is 105 Å². The molecule has 90 valence electrons. The third-order valence-corrected chi connectivity index (χ3v) is 2.87. The van der Waals surface area contributed by atoms with Crippen molar-refractivity contribution in [1.82, 2.24) is 19.6 Å². The third-order valence-electron chi connectivity index (χ3n) is 2.87. The molecular formula is C13H13N5. The molecule has 0 saturated carbocycles. The molecule has 3 aromatic heterocycles. The average Bonchev–Trinajstić information content (AvgIpc) is 2.85. The van der Waals surface area contributed by atoms with Gasteiger partial charge in [-0.25, -0.2) is 9.50 Å². The summed E-state index contributed by atoms with van der Waals surface area (Å²) in [4.78, 5) is 8.57. The fourth-order valence-electron chi connectivity index (χ4n) is 1.78. The van der Waals surface area contributed by atoms with Crippen LogP contribution in [0.4, 0.5) is 5.82 Å². The second-order valence-electron chi connectivity index (χ2n) is 4.10. The molecule has 5 nitrogen and oxygen atoms in total. The Morgan fingerprint density at radius 3 is 3.06 bits per heavy atom. The highest BCUT2D eigenvalue weighted by Crippen LogP contribution is 2.10. The summed E-state index contributed by atoms with van der Waals surface area (Å²) < 4.78 is 1.74. The average molecular weight is 239 g/mol. The lowest BCUT2D eigenvalue weighted by Crippen LogP contribution is -2.04. The van der Waals surface area contributed by atoms with Gasteiger partial charge in [0.25, 0.3) is 0 Å². The minimum Gasteiger partial charge on any atom is -0.366 e. The molecule has 3 rings (SSSR count). The highest BCUT2D eigenvalue weighted by molar-refractivity contribution is 5.45. The number of pyridine rings is 1. The van der Waals surface area contributed by atoms with Gasteiger partial charge in [-0.05, 0) is 30.2 Å². The zero-order valence-electron chi connectivity index (χ0n) is 10.0. The van der Waals surface area contributed by atoms with Crippen molar-refractivity contribution >= 4 is 11.5 Å². The van der Waals surface area contributed by atoms with Gasteiger partial charge >= 0.3 is 0 Å². The summed E-state index contributed by atoms with van der Waals surface area (Å²) in [5.41, 5.74) is 3.23. The maximum absolute atomic E-state index is 4.45. The van der Waals surface area contributed by atoms with Gasteiger partial charge in [0.1, 0.15) is 5.82 Å². The summed E-state index contributed by atoms with van der Waals surface area (Å²) in [7, 11) is 0. The van der Waals surface area contributed by atoms with E-state index in [1.807, 2.05) is 30.6 Å². The molecule has 5 heteroatoms. The van der Waals surface area contributed by atoms with Gasteiger partial charge in [0.15, 0.2) is 5.65 Å². The van der Waals surface area contributed by atoms with Gasteiger partial charge in [-0.1, -0.05) is 0 Å². The van der Waals surface area contributed by atoms with Crippen LogP contribution in [-0.2, 0) is 6.54 Å². The molecule has 18 heavy (non-hydrogen) atoms. The van der Waals surface area contributed by atoms with Crippen molar-refractivity contribution in [3.05, 3.63) is 54.1 Å². The molecule has 0 amide bonds. The van der Waals surface area contributed by atoms with Crippen molar-refractivity contribution in [3.63, 3.8) is 0 Å². The van der Waals surface area contributed by atoms with Crippen molar-refractivity contribution in [2.45, 2.75) is 13.5 Å². The molecule has 0 aliphatic rings. The van der Waals surface area contributed by atoms with E-state index in [1.165, 1.54) is 11.1 Å². The topological polar surface area (TPSA) is 55.1 Å². The molecule has 0 radical (unpaired) electrons. The predicted octanol–water partition coefficient (Wildman–Crippen LogP) is 2.04. The molecule has 0 unspecified atom stereocenters. The van der Waals surface area contributed by atoms with Gasteiger partial charge in [-0.2, -0.15) is 5.10 Å². The predicted molar refractivity (Wildman–Crippen MR) is 69.3 cm³/mol. The number of hydrogen-bond acceptors (Lipinski definition) is 4. The second kappa shape index (κ2) is 4.44. The first-order chi connectivity index (χ1) is 8.83. The first-order valence-corrected chi connectivity index (χ1v) is 5.77. The van der Waals surface area contributed by atoms with Crippen molar-refractivity contribution in [2.24, 2.45) is 0 Å². The molecule has 0 atom stereocenters. The van der Waals surface area contributed by atoms with E-state index in [9.17, 15) is 0 Å². The monoisotopic (exact) mass is 239 g/mol. The molecule has 1 N–H and O–H groups in total. The maximum Gasteiger partial charge on any atom is 0.157 e. The fraction of sp³-hybridized carbons (Fsp3) is 0.154. The minimum atomic E-state index is 0.719. The van der Waals surface area contributed by atoms with Crippen molar-refractivity contribution in [1.29, 1.82) is 0 Å². The number of anilines is 1. The van der Waals surface area contributed by atoms with E-state index in [0.29, 0.717) is 0 Å².